The number of halogens is 3. The number of rotatable bonds is 6. The largest absolute Gasteiger partial charge is 0.457 e. The fraction of sp³-hybridized carbons (Fsp3) is 0.368. The molecule has 28 heavy (non-hydrogen) atoms. The van der Waals surface area contributed by atoms with E-state index in [1.165, 1.54) is 17.0 Å². The first-order valence-electron chi connectivity index (χ1n) is 8.91. The summed E-state index contributed by atoms with van der Waals surface area (Å²) in [6.07, 6.45) is -1.28. The molecular weight excluding hydrogens is 373 g/mol. The monoisotopic (exact) mass is 394 g/mol. The van der Waals surface area contributed by atoms with Gasteiger partial charge in [0.05, 0.1) is 0 Å². The summed E-state index contributed by atoms with van der Waals surface area (Å²) in [6, 6.07) is 7.90. The summed E-state index contributed by atoms with van der Waals surface area (Å²) < 4.78 is 45.9. The topological polar surface area (TPSA) is 66.5 Å². The van der Waals surface area contributed by atoms with E-state index in [9.17, 15) is 18.0 Å². The van der Waals surface area contributed by atoms with Crippen molar-refractivity contribution in [3.63, 3.8) is 0 Å². The van der Waals surface area contributed by atoms with Gasteiger partial charge >= 0.3 is 6.18 Å². The molecule has 150 valence electrons. The molecule has 0 radical (unpaired) electrons. The quantitative estimate of drug-likeness (QED) is 0.788. The molecule has 1 aromatic carbocycles. The van der Waals surface area contributed by atoms with E-state index in [-0.39, 0.29) is 18.7 Å². The highest BCUT2D eigenvalue weighted by Gasteiger charge is 2.43. The van der Waals surface area contributed by atoms with Gasteiger partial charge in [0.25, 0.3) is 5.91 Å². The number of pyridine rings is 1. The zero-order valence-corrected chi connectivity index (χ0v) is 15.1. The standard InChI is InChI=1S/C19H21F3N4O2/c20-19(21,22)17(26-10-8-24-9-11-26)13-25-18(27)14-2-1-3-16(12-14)28-15-4-6-23-7-5-15/h1-7,12,17,24H,8-11,13H2,(H,25,27). The number of ether oxygens (including phenoxy) is 1. The molecule has 1 aromatic heterocycles. The molecule has 0 saturated carbocycles. The molecule has 3 rings (SSSR count). The molecule has 0 aliphatic carbocycles. The molecule has 1 amide bonds. The third kappa shape index (κ3) is 5.43. The third-order valence-electron chi connectivity index (χ3n) is 4.41. The van der Waals surface area contributed by atoms with Gasteiger partial charge in [-0.1, -0.05) is 6.07 Å². The average molecular weight is 394 g/mol. The van der Waals surface area contributed by atoms with Crippen LogP contribution in [0.5, 0.6) is 11.5 Å². The molecule has 9 heteroatoms. The van der Waals surface area contributed by atoms with Gasteiger partial charge in [0.2, 0.25) is 0 Å². The van der Waals surface area contributed by atoms with Gasteiger partial charge in [-0.15, -0.1) is 0 Å². The first-order valence-corrected chi connectivity index (χ1v) is 8.91. The Kier molecular flexibility index (Phi) is 6.48. The number of hydrogen-bond acceptors (Lipinski definition) is 5. The normalized spacial score (nSPS) is 16.4. The molecule has 0 spiro atoms. The summed E-state index contributed by atoms with van der Waals surface area (Å²) in [6.45, 7) is 1.06. The zero-order valence-electron chi connectivity index (χ0n) is 15.1. The van der Waals surface area contributed by atoms with Crippen molar-refractivity contribution in [3.05, 3.63) is 54.4 Å². The first-order chi connectivity index (χ1) is 13.4. The van der Waals surface area contributed by atoms with E-state index in [2.05, 4.69) is 15.6 Å². The number of aromatic nitrogens is 1. The van der Waals surface area contributed by atoms with Crippen LogP contribution in [-0.4, -0.2) is 60.7 Å². The Balaban J connectivity index is 1.64. The maximum atomic E-state index is 13.4. The molecule has 1 aliphatic heterocycles. The predicted molar refractivity (Wildman–Crippen MR) is 97.4 cm³/mol. The minimum atomic E-state index is -4.42. The van der Waals surface area contributed by atoms with E-state index >= 15 is 0 Å². The van der Waals surface area contributed by atoms with Gasteiger partial charge in [-0.25, -0.2) is 0 Å². The number of nitrogens with one attached hydrogen (secondary N) is 2. The van der Waals surface area contributed by atoms with Gasteiger partial charge in [0.15, 0.2) is 0 Å². The molecule has 1 saturated heterocycles. The SMILES string of the molecule is O=C(NCC(N1CCNCC1)C(F)(F)F)c1cccc(Oc2ccncc2)c1. The van der Waals surface area contributed by atoms with E-state index in [1.54, 1.807) is 36.7 Å². The van der Waals surface area contributed by atoms with E-state index in [1.807, 2.05) is 0 Å². The van der Waals surface area contributed by atoms with E-state index in [4.69, 9.17) is 4.74 Å². The Labute approximate surface area is 160 Å². The van der Waals surface area contributed by atoms with Gasteiger partial charge in [-0.2, -0.15) is 13.2 Å². The molecular formula is C19H21F3N4O2. The second-order valence-corrected chi connectivity index (χ2v) is 6.37. The average Bonchev–Trinajstić information content (AvgIpc) is 2.69. The van der Waals surface area contributed by atoms with Crippen molar-refractivity contribution in [2.75, 3.05) is 32.7 Å². The second kappa shape index (κ2) is 9.03. The van der Waals surface area contributed by atoms with Gasteiger partial charge in [-0.3, -0.25) is 14.7 Å². The van der Waals surface area contributed by atoms with Crippen LogP contribution in [0.2, 0.25) is 0 Å². The highest BCUT2D eigenvalue weighted by atomic mass is 19.4. The number of amides is 1. The Morgan fingerprint density at radius 1 is 1.18 bits per heavy atom. The maximum Gasteiger partial charge on any atom is 0.405 e. The maximum absolute atomic E-state index is 13.4. The zero-order chi connectivity index (χ0) is 20.0. The summed E-state index contributed by atoms with van der Waals surface area (Å²) in [7, 11) is 0. The molecule has 1 fully saturated rings. The van der Waals surface area contributed by atoms with Crippen LogP contribution in [0.25, 0.3) is 0 Å². The molecule has 2 aromatic rings. The highest BCUT2D eigenvalue weighted by molar-refractivity contribution is 5.94. The summed E-state index contributed by atoms with van der Waals surface area (Å²) in [4.78, 5) is 17.6. The molecule has 2 heterocycles. The molecule has 6 nitrogen and oxygen atoms in total. The molecule has 1 unspecified atom stereocenters. The van der Waals surface area contributed by atoms with E-state index in [0.29, 0.717) is 24.6 Å². The van der Waals surface area contributed by atoms with Gasteiger partial charge in [0.1, 0.15) is 17.5 Å². The number of carbonyl (C=O) groups is 1. The van der Waals surface area contributed by atoms with Crippen molar-refractivity contribution in [2.24, 2.45) is 0 Å². The van der Waals surface area contributed by atoms with Crippen LogP contribution in [0.3, 0.4) is 0 Å². The van der Waals surface area contributed by atoms with Crippen molar-refractivity contribution in [3.8, 4) is 11.5 Å². The van der Waals surface area contributed by atoms with E-state index in [0.717, 1.165) is 0 Å². The smallest absolute Gasteiger partial charge is 0.405 e. The number of hydrogen-bond donors (Lipinski definition) is 2. The summed E-state index contributed by atoms with van der Waals surface area (Å²) >= 11 is 0. The Hall–Kier alpha value is -2.65. The van der Waals surface area contributed by atoms with Crippen LogP contribution in [-0.2, 0) is 0 Å². The van der Waals surface area contributed by atoms with Crippen LogP contribution in [0.15, 0.2) is 48.8 Å². The predicted octanol–water partition coefficient (Wildman–Crippen LogP) is 2.44. The lowest BCUT2D eigenvalue weighted by atomic mass is 10.1. The van der Waals surface area contributed by atoms with Crippen LogP contribution in [0.4, 0.5) is 13.2 Å². The van der Waals surface area contributed by atoms with Crippen molar-refractivity contribution < 1.29 is 22.7 Å². The second-order valence-electron chi connectivity index (χ2n) is 6.37. The fourth-order valence-electron chi connectivity index (χ4n) is 2.98. The Bertz CT molecular complexity index is 780. The molecule has 1 atom stereocenters. The van der Waals surface area contributed by atoms with Crippen LogP contribution in [0.1, 0.15) is 10.4 Å². The minimum Gasteiger partial charge on any atom is -0.457 e. The number of piperazine rings is 1. The van der Waals surface area contributed by atoms with Crippen molar-refractivity contribution in [1.29, 1.82) is 0 Å². The van der Waals surface area contributed by atoms with Crippen LogP contribution < -0.4 is 15.4 Å². The van der Waals surface area contributed by atoms with Crippen LogP contribution in [0, 0.1) is 0 Å². The summed E-state index contributed by atoms with van der Waals surface area (Å²) in [5, 5.41) is 5.43. The van der Waals surface area contributed by atoms with Crippen molar-refractivity contribution >= 4 is 5.91 Å². The lowest BCUT2D eigenvalue weighted by Gasteiger charge is -2.35. The summed E-state index contributed by atoms with van der Waals surface area (Å²) in [5.41, 5.74) is 0.229. The van der Waals surface area contributed by atoms with Crippen molar-refractivity contribution in [1.82, 2.24) is 20.5 Å². The minimum absolute atomic E-state index is 0.229. The summed E-state index contributed by atoms with van der Waals surface area (Å²) in [5.74, 6) is 0.376. The lowest BCUT2D eigenvalue weighted by molar-refractivity contribution is -0.183. The number of alkyl halides is 3. The lowest BCUT2D eigenvalue weighted by Crippen LogP contribution is -2.57. The molecule has 2 N–H and O–H groups in total. The number of nitrogens with zero attached hydrogens (tertiary/aromatic N) is 2. The number of carbonyl (C=O) groups excluding carboxylic acids is 1. The van der Waals surface area contributed by atoms with Gasteiger partial charge in [-0.05, 0) is 30.3 Å². The molecule has 0 bridgehead atoms. The van der Waals surface area contributed by atoms with E-state index < -0.39 is 24.7 Å². The number of benzene rings is 1. The third-order valence-corrected chi connectivity index (χ3v) is 4.41. The van der Waals surface area contributed by atoms with Crippen LogP contribution >= 0.6 is 0 Å². The Morgan fingerprint density at radius 2 is 1.89 bits per heavy atom. The van der Waals surface area contributed by atoms with Crippen molar-refractivity contribution in [2.45, 2.75) is 12.2 Å². The van der Waals surface area contributed by atoms with Gasteiger partial charge in [0, 0.05) is 50.7 Å². The first kappa shape index (κ1) is 20.1. The molecule has 1 aliphatic rings. The highest BCUT2D eigenvalue weighted by Crippen LogP contribution is 2.25. The fourth-order valence-corrected chi connectivity index (χ4v) is 2.98. The Morgan fingerprint density at radius 3 is 2.57 bits per heavy atom. The van der Waals surface area contributed by atoms with Gasteiger partial charge < -0.3 is 15.4 Å².